The number of amides is 2. The van der Waals surface area contributed by atoms with Gasteiger partial charge in [0.2, 0.25) is 0 Å². The van der Waals surface area contributed by atoms with E-state index < -0.39 is 18.0 Å². The molecule has 2 rings (SSSR count). The first kappa shape index (κ1) is 18.4. The summed E-state index contributed by atoms with van der Waals surface area (Å²) in [5, 5.41) is 11.3. The number of hydrogen-bond donors (Lipinski definition) is 0. The first-order valence-corrected chi connectivity index (χ1v) is 8.02. The lowest BCUT2D eigenvalue weighted by Gasteiger charge is -2.34. The highest BCUT2D eigenvalue weighted by Crippen LogP contribution is 2.27. The van der Waals surface area contributed by atoms with E-state index in [4.69, 9.17) is 27.9 Å². The monoisotopic (exact) mass is 373 g/mol. The maximum Gasteiger partial charge on any atom is 0.409 e. The van der Waals surface area contributed by atoms with Crippen LogP contribution in [0.1, 0.15) is 27.6 Å². The second-order valence-electron chi connectivity index (χ2n) is 5.08. The lowest BCUT2D eigenvalue weighted by Crippen LogP contribution is -2.51. The molecule has 1 aliphatic rings. The molecule has 0 aromatic heterocycles. The lowest BCUT2D eigenvalue weighted by molar-refractivity contribution is -0.255. The van der Waals surface area contributed by atoms with Crippen molar-refractivity contribution < 1.29 is 24.2 Å². The predicted molar refractivity (Wildman–Crippen MR) is 85.3 cm³/mol. The molecule has 0 unspecified atom stereocenters. The normalized spacial score (nSPS) is 14.5. The van der Waals surface area contributed by atoms with E-state index in [1.165, 1.54) is 15.9 Å². The fourth-order valence-corrected chi connectivity index (χ4v) is 2.70. The number of carbonyl (C=O) groups is 3. The predicted octanol–water partition coefficient (Wildman–Crippen LogP) is 1.27. The third-order valence-electron chi connectivity index (χ3n) is 3.60. The summed E-state index contributed by atoms with van der Waals surface area (Å²) in [6.07, 6.45) is -0.436. The van der Waals surface area contributed by atoms with Crippen LogP contribution in [0, 0.1) is 0 Å². The molecule has 0 saturated carbocycles. The number of aromatic carboxylic acids is 1. The molecule has 1 saturated heterocycles. The summed E-state index contributed by atoms with van der Waals surface area (Å²) in [7, 11) is 0. The van der Waals surface area contributed by atoms with Crippen LogP contribution >= 0.6 is 23.2 Å². The van der Waals surface area contributed by atoms with Gasteiger partial charge in [0.1, 0.15) is 0 Å². The smallest absolute Gasteiger partial charge is 0.409 e. The van der Waals surface area contributed by atoms with Gasteiger partial charge in [0.25, 0.3) is 5.91 Å². The molecule has 7 nitrogen and oxygen atoms in total. The molecule has 1 heterocycles. The van der Waals surface area contributed by atoms with Gasteiger partial charge in [0.05, 0.1) is 28.2 Å². The summed E-state index contributed by atoms with van der Waals surface area (Å²) >= 11 is 11.7. The molecule has 0 atom stereocenters. The van der Waals surface area contributed by atoms with Crippen LogP contribution in [0.4, 0.5) is 4.79 Å². The van der Waals surface area contributed by atoms with Crippen LogP contribution in [0.3, 0.4) is 0 Å². The van der Waals surface area contributed by atoms with Gasteiger partial charge in [-0.15, -0.1) is 0 Å². The molecule has 1 aromatic carbocycles. The van der Waals surface area contributed by atoms with Crippen LogP contribution in [0.2, 0.25) is 10.0 Å². The third-order valence-corrected chi connectivity index (χ3v) is 4.33. The Labute approximate surface area is 148 Å². The van der Waals surface area contributed by atoms with E-state index in [0.29, 0.717) is 13.1 Å². The molecule has 1 fully saturated rings. The number of hydrogen-bond acceptors (Lipinski definition) is 5. The number of ether oxygens (including phenoxy) is 1. The Balaban J connectivity index is 2.15. The number of halogens is 2. The van der Waals surface area contributed by atoms with Crippen molar-refractivity contribution in [1.82, 2.24) is 9.80 Å². The van der Waals surface area contributed by atoms with Crippen molar-refractivity contribution in [3.05, 3.63) is 33.3 Å². The van der Waals surface area contributed by atoms with E-state index in [1.54, 1.807) is 6.92 Å². The molecule has 0 N–H and O–H groups in total. The molecule has 130 valence electrons. The molecule has 9 heteroatoms. The maximum atomic E-state index is 12.6. The molecule has 1 aliphatic heterocycles. The van der Waals surface area contributed by atoms with Crippen molar-refractivity contribution in [1.29, 1.82) is 0 Å². The zero-order valence-electron chi connectivity index (χ0n) is 12.9. The number of benzene rings is 1. The highest BCUT2D eigenvalue weighted by Gasteiger charge is 2.27. The topological polar surface area (TPSA) is 90.0 Å². The SMILES string of the molecule is CCOC(=O)N1CCN(C(=O)c2cc(Cl)c(Cl)cc2C(=O)[O-])CC1. The summed E-state index contributed by atoms with van der Waals surface area (Å²) in [6.45, 7) is 3.09. The average molecular weight is 374 g/mol. The number of piperazine rings is 1. The Morgan fingerprint density at radius 2 is 1.54 bits per heavy atom. The minimum absolute atomic E-state index is 0.0274. The van der Waals surface area contributed by atoms with Gasteiger partial charge in [0.15, 0.2) is 0 Å². The minimum Gasteiger partial charge on any atom is -0.545 e. The summed E-state index contributed by atoms with van der Waals surface area (Å²) in [5.74, 6) is -2.02. The number of nitrogens with zero attached hydrogens (tertiary/aromatic N) is 2. The Hall–Kier alpha value is -1.99. The average Bonchev–Trinajstić information content (AvgIpc) is 2.56. The van der Waals surface area contributed by atoms with Crippen LogP contribution in [0.25, 0.3) is 0 Å². The Bertz CT molecular complexity index is 672. The molecule has 0 radical (unpaired) electrons. The van der Waals surface area contributed by atoms with Gasteiger partial charge in [-0.3, -0.25) is 4.79 Å². The summed E-state index contributed by atoms with van der Waals surface area (Å²) < 4.78 is 4.91. The van der Waals surface area contributed by atoms with E-state index in [2.05, 4.69) is 0 Å². The van der Waals surface area contributed by atoms with Crippen molar-refractivity contribution in [2.45, 2.75) is 6.92 Å². The number of rotatable bonds is 3. The van der Waals surface area contributed by atoms with Crippen LogP contribution in [0.5, 0.6) is 0 Å². The standard InChI is InChI=1S/C15H16Cl2N2O5/c1-2-24-15(23)19-5-3-18(4-6-19)13(20)9-7-11(16)12(17)8-10(9)14(21)22/h7-8H,2-6H2,1H3,(H,21,22)/p-1. The summed E-state index contributed by atoms with van der Waals surface area (Å²) in [4.78, 5) is 38.4. The van der Waals surface area contributed by atoms with E-state index >= 15 is 0 Å². The van der Waals surface area contributed by atoms with Crippen LogP contribution in [-0.2, 0) is 4.74 Å². The van der Waals surface area contributed by atoms with Gasteiger partial charge in [0, 0.05) is 31.7 Å². The van der Waals surface area contributed by atoms with E-state index in [9.17, 15) is 19.5 Å². The van der Waals surface area contributed by atoms with Gasteiger partial charge in [-0.2, -0.15) is 0 Å². The Morgan fingerprint density at radius 1 is 1.04 bits per heavy atom. The van der Waals surface area contributed by atoms with Gasteiger partial charge >= 0.3 is 6.09 Å². The van der Waals surface area contributed by atoms with Crippen molar-refractivity contribution in [3.63, 3.8) is 0 Å². The number of carboxylic acid groups (broad SMARTS) is 1. The zero-order valence-corrected chi connectivity index (χ0v) is 14.4. The van der Waals surface area contributed by atoms with Gasteiger partial charge in [-0.25, -0.2) is 4.79 Å². The first-order chi connectivity index (χ1) is 11.3. The molecule has 0 aliphatic carbocycles. The maximum absolute atomic E-state index is 12.6. The third kappa shape index (κ3) is 3.91. The fourth-order valence-electron chi connectivity index (χ4n) is 2.37. The molecular formula is C15H15Cl2N2O5-. The quantitative estimate of drug-likeness (QED) is 0.795. The van der Waals surface area contributed by atoms with Crippen molar-refractivity contribution in [2.24, 2.45) is 0 Å². The molecule has 1 aromatic rings. The van der Waals surface area contributed by atoms with Crippen molar-refractivity contribution >= 4 is 41.2 Å². The minimum atomic E-state index is -1.51. The Morgan fingerprint density at radius 3 is 2.04 bits per heavy atom. The van der Waals surface area contributed by atoms with Crippen molar-refractivity contribution in [2.75, 3.05) is 32.8 Å². The second kappa shape index (κ2) is 7.72. The van der Waals surface area contributed by atoms with Crippen LogP contribution < -0.4 is 5.11 Å². The number of carboxylic acids is 1. The van der Waals surface area contributed by atoms with Crippen LogP contribution in [-0.4, -0.2) is 60.6 Å². The molecule has 0 bridgehead atoms. The van der Waals surface area contributed by atoms with Gasteiger partial charge < -0.3 is 24.4 Å². The van der Waals surface area contributed by atoms with Crippen molar-refractivity contribution in [3.8, 4) is 0 Å². The van der Waals surface area contributed by atoms with E-state index in [-0.39, 0.29) is 40.9 Å². The number of carbonyl (C=O) groups excluding carboxylic acids is 3. The highest BCUT2D eigenvalue weighted by atomic mass is 35.5. The molecule has 0 spiro atoms. The first-order valence-electron chi connectivity index (χ1n) is 7.26. The van der Waals surface area contributed by atoms with Gasteiger partial charge in [-0.1, -0.05) is 23.2 Å². The zero-order chi connectivity index (χ0) is 17.9. The second-order valence-corrected chi connectivity index (χ2v) is 5.89. The summed E-state index contributed by atoms with van der Waals surface area (Å²) in [6, 6.07) is 2.32. The Kier molecular flexibility index (Phi) is 5.90. The van der Waals surface area contributed by atoms with Crippen LogP contribution in [0.15, 0.2) is 12.1 Å². The highest BCUT2D eigenvalue weighted by molar-refractivity contribution is 6.42. The fraction of sp³-hybridized carbons (Fsp3) is 0.400. The molecular weight excluding hydrogens is 359 g/mol. The van der Waals surface area contributed by atoms with E-state index in [0.717, 1.165) is 6.07 Å². The largest absolute Gasteiger partial charge is 0.545 e. The van der Waals surface area contributed by atoms with E-state index in [1.807, 2.05) is 0 Å². The molecule has 2 amide bonds. The molecule has 24 heavy (non-hydrogen) atoms. The van der Waals surface area contributed by atoms with Gasteiger partial charge in [-0.05, 0) is 19.1 Å². The summed E-state index contributed by atoms with van der Waals surface area (Å²) in [5.41, 5.74) is -0.406. The lowest BCUT2D eigenvalue weighted by atomic mass is 10.1.